The van der Waals surface area contributed by atoms with Crippen LogP contribution in [0, 0.1) is 0 Å². The molecule has 0 saturated carbocycles. The minimum absolute atomic E-state index is 0.0673. The Morgan fingerprint density at radius 2 is 1.53 bits per heavy atom. The lowest BCUT2D eigenvalue weighted by Gasteiger charge is -2.24. The summed E-state index contributed by atoms with van der Waals surface area (Å²) >= 11 is 0. The van der Waals surface area contributed by atoms with Gasteiger partial charge >= 0.3 is 0 Å². The molecule has 0 aliphatic carbocycles. The van der Waals surface area contributed by atoms with Crippen LogP contribution in [0.5, 0.6) is 17.2 Å². The molecule has 160 valence electrons. The Morgan fingerprint density at radius 3 is 2.25 bits per heavy atom. The summed E-state index contributed by atoms with van der Waals surface area (Å²) in [4.78, 5) is 0. The SMILES string of the molecule is COc1cc(OC)cc(C2CC(c3ccc4ccccc4c3O)=NN2c2ccccc2)c1. The van der Waals surface area contributed by atoms with Crippen LogP contribution in [0.2, 0.25) is 0 Å². The van der Waals surface area contributed by atoms with E-state index < -0.39 is 0 Å². The molecule has 0 fully saturated rings. The molecule has 32 heavy (non-hydrogen) atoms. The molecule has 5 rings (SSSR count). The quantitative estimate of drug-likeness (QED) is 0.432. The predicted octanol–water partition coefficient (Wildman–Crippen LogP) is 5.92. The topological polar surface area (TPSA) is 54.3 Å². The molecule has 5 nitrogen and oxygen atoms in total. The van der Waals surface area contributed by atoms with Gasteiger partial charge in [0.15, 0.2) is 0 Å². The highest BCUT2D eigenvalue weighted by Gasteiger charge is 2.32. The number of nitrogens with zero attached hydrogens (tertiary/aromatic N) is 2. The Balaban J connectivity index is 1.62. The molecule has 1 heterocycles. The number of ether oxygens (including phenoxy) is 2. The zero-order chi connectivity index (χ0) is 22.1. The highest BCUT2D eigenvalue weighted by Crippen LogP contribution is 2.41. The highest BCUT2D eigenvalue weighted by atomic mass is 16.5. The van der Waals surface area contributed by atoms with Crippen molar-refractivity contribution < 1.29 is 14.6 Å². The first-order valence-corrected chi connectivity index (χ1v) is 10.5. The first-order valence-electron chi connectivity index (χ1n) is 10.5. The number of phenolic OH excluding ortho intramolecular Hbond substituents is 1. The van der Waals surface area contributed by atoms with E-state index in [1.807, 2.05) is 89.9 Å². The summed E-state index contributed by atoms with van der Waals surface area (Å²) in [7, 11) is 3.30. The van der Waals surface area contributed by atoms with Crippen molar-refractivity contribution >= 4 is 22.2 Å². The molecule has 1 N–H and O–H groups in total. The molecule has 0 spiro atoms. The molecular weight excluding hydrogens is 400 g/mol. The van der Waals surface area contributed by atoms with Gasteiger partial charge in [-0.2, -0.15) is 5.10 Å². The second-order valence-corrected chi connectivity index (χ2v) is 7.78. The van der Waals surface area contributed by atoms with Gasteiger partial charge < -0.3 is 14.6 Å². The Hall–Kier alpha value is -3.99. The maximum Gasteiger partial charge on any atom is 0.132 e. The number of para-hydroxylation sites is 1. The van der Waals surface area contributed by atoms with Crippen LogP contribution in [0.15, 0.2) is 90.0 Å². The molecule has 4 aromatic carbocycles. The van der Waals surface area contributed by atoms with Gasteiger partial charge in [-0.15, -0.1) is 0 Å². The summed E-state index contributed by atoms with van der Waals surface area (Å²) in [6, 6.07) is 27.7. The second kappa shape index (κ2) is 8.27. The van der Waals surface area contributed by atoms with Crippen LogP contribution in [-0.2, 0) is 0 Å². The van der Waals surface area contributed by atoms with Gasteiger partial charge in [0.05, 0.1) is 31.7 Å². The van der Waals surface area contributed by atoms with Crippen LogP contribution < -0.4 is 14.5 Å². The van der Waals surface area contributed by atoms with E-state index in [4.69, 9.17) is 14.6 Å². The molecule has 1 atom stereocenters. The molecule has 1 aliphatic rings. The lowest BCUT2D eigenvalue weighted by Crippen LogP contribution is -2.18. The van der Waals surface area contributed by atoms with E-state index in [9.17, 15) is 5.11 Å². The van der Waals surface area contributed by atoms with Crippen molar-refractivity contribution in [3.8, 4) is 17.2 Å². The number of fused-ring (bicyclic) bond motifs is 1. The third-order valence-corrected chi connectivity index (χ3v) is 5.90. The number of rotatable bonds is 5. The zero-order valence-electron chi connectivity index (χ0n) is 18.0. The highest BCUT2D eigenvalue weighted by molar-refractivity contribution is 6.09. The van der Waals surface area contributed by atoms with Gasteiger partial charge in [0, 0.05) is 23.4 Å². The Kier molecular flexibility index (Phi) is 5.15. The average Bonchev–Trinajstić information content (AvgIpc) is 3.30. The maximum absolute atomic E-state index is 11.0. The van der Waals surface area contributed by atoms with Gasteiger partial charge in [-0.1, -0.05) is 48.5 Å². The van der Waals surface area contributed by atoms with Crippen molar-refractivity contribution in [3.63, 3.8) is 0 Å². The molecule has 5 heteroatoms. The van der Waals surface area contributed by atoms with E-state index in [-0.39, 0.29) is 11.8 Å². The lowest BCUT2D eigenvalue weighted by atomic mass is 9.95. The van der Waals surface area contributed by atoms with Gasteiger partial charge in [0.2, 0.25) is 0 Å². The van der Waals surface area contributed by atoms with Crippen molar-refractivity contribution in [1.82, 2.24) is 0 Å². The van der Waals surface area contributed by atoms with E-state index in [1.54, 1.807) is 14.2 Å². The lowest BCUT2D eigenvalue weighted by molar-refractivity contribution is 0.392. The first-order chi connectivity index (χ1) is 15.7. The summed E-state index contributed by atoms with van der Waals surface area (Å²) in [6.07, 6.45) is 0.636. The maximum atomic E-state index is 11.0. The van der Waals surface area contributed by atoms with E-state index in [1.165, 1.54) is 0 Å². The van der Waals surface area contributed by atoms with Crippen molar-refractivity contribution in [1.29, 1.82) is 0 Å². The summed E-state index contributed by atoms with van der Waals surface area (Å²) in [5.74, 6) is 1.72. The summed E-state index contributed by atoms with van der Waals surface area (Å²) in [6.45, 7) is 0. The fourth-order valence-corrected chi connectivity index (χ4v) is 4.26. The summed E-state index contributed by atoms with van der Waals surface area (Å²) < 4.78 is 11.0. The Labute approximate surface area is 187 Å². The first kappa shape index (κ1) is 19.9. The van der Waals surface area contributed by atoms with Gasteiger partial charge in [-0.3, -0.25) is 5.01 Å². The van der Waals surface area contributed by atoms with E-state index >= 15 is 0 Å². The summed E-state index contributed by atoms with van der Waals surface area (Å²) in [5, 5.41) is 19.9. The predicted molar refractivity (Wildman–Crippen MR) is 128 cm³/mol. The zero-order valence-corrected chi connectivity index (χ0v) is 18.0. The fourth-order valence-electron chi connectivity index (χ4n) is 4.26. The van der Waals surface area contributed by atoms with Crippen LogP contribution in [0.1, 0.15) is 23.6 Å². The largest absolute Gasteiger partial charge is 0.507 e. The monoisotopic (exact) mass is 424 g/mol. The fraction of sp³-hybridized carbons (Fsp3) is 0.148. The number of hydrogen-bond acceptors (Lipinski definition) is 5. The van der Waals surface area contributed by atoms with Gasteiger partial charge in [-0.25, -0.2) is 0 Å². The number of hydrogen-bond donors (Lipinski definition) is 1. The molecule has 0 radical (unpaired) electrons. The van der Waals surface area contributed by atoms with E-state index in [0.717, 1.165) is 44.8 Å². The Bertz CT molecular complexity index is 1280. The minimum Gasteiger partial charge on any atom is -0.507 e. The molecule has 1 aliphatic heterocycles. The smallest absolute Gasteiger partial charge is 0.132 e. The van der Waals surface area contributed by atoms with Crippen molar-refractivity contribution in [2.45, 2.75) is 12.5 Å². The molecule has 0 aromatic heterocycles. The van der Waals surface area contributed by atoms with Gasteiger partial charge in [0.1, 0.15) is 17.2 Å². The molecule has 4 aromatic rings. The van der Waals surface area contributed by atoms with Crippen LogP contribution >= 0.6 is 0 Å². The molecule has 0 bridgehead atoms. The molecular formula is C27H24N2O3. The third-order valence-electron chi connectivity index (χ3n) is 5.90. The average molecular weight is 425 g/mol. The van der Waals surface area contributed by atoms with Gasteiger partial charge in [0.25, 0.3) is 0 Å². The van der Waals surface area contributed by atoms with Gasteiger partial charge in [-0.05, 0) is 41.3 Å². The summed E-state index contributed by atoms with van der Waals surface area (Å²) in [5.41, 5.74) is 3.60. The third kappa shape index (κ3) is 3.52. The van der Waals surface area contributed by atoms with Crippen molar-refractivity contribution in [2.24, 2.45) is 5.10 Å². The van der Waals surface area contributed by atoms with Crippen molar-refractivity contribution in [3.05, 3.63) is 96.1 Å². The van der Waals surface area contributed by atoms with Crippen LogP contribution in [0.25, 0.3) is 10.8 Å². The van der Waals surface area contributed by atoms with E-state index in [0.29, 0.717) is 6.42 Å². The van der Waals surface area contributed by atoms with Crippen LogP contribution in [-0.4, -0.2) is 25.0 Å². The Morgan fingerprint density at radius 1 is 0.844 bits per heavy atom. The van der Waals surface area contributed by atoms with Crippen molar-refractivity contribution in [2.75, 3.05) is 19.2 Å². The molecule has 0 saturated heterocycles. The standard InChI is InChI=1S/C27H24N2O3/c1-31-21-14-19(15-22(16-21)32-2)26-17-25(28-29(26)20-9-4-3-5-10-20)24-13-12-18-8-6-7-11-23(18)27(24)30/h3-16,26,30H,17H2,1-2H3. The van der Waals surface area contributed by atoms with Crippen LogP contribution in [0.4, 0.5) is 5.69 Å². The normalized spacial score (nSPS) is 15.6. The molecule has 1 unspecified atom stereocenters. The number of aromatic hydroxyl groups is 1. The number of methoxy groups -OCH3 is 2. The number of hydrazone groups is 1. The minimum atomic E-state index is -0.0673. The number of phenols is 1. The van der Waals surface area contributed by atoms with E-state index in [2.05, 4.69) is 0 Å². The number of anilines is 1. The second-order valence-electron chi connectivity index (χ2n) is 7.78. The van der Waals surface area contributed by atoms with Crippen LogP contribution in [0.3, 0.4) is 0 Å². The molecule has 0 amide bonds. The number of benzene rings is 4.